The summed E-state index contributed by atoms with van der Waals surface area (Å²) in [4.78, 5) is 35.3. The fraction of sp³-hybridized carbons (Fsp3) is 0.211. The van der Waals surface area contributed by atoms with E-state index in [1.165, 1.54) is 0 Å². The molecule has 2 aromatic carbocycles. The molecular weight excluding hydrogens is 306 g/mol. The number of carbonyl (C=O) groups is 3. The van der Waals surface area contributed by atoms with Gasteiger partial charge in [-0.2, -0.15) is 0 Å². The smallest absolute Gasteiger partial charge is 0.338 e. The summed E-state index contributed by atoms with van der Waals surface area (Å²) >= 11 is 0. The van der Waals surface area contributed by atoms with Gasteiger partial charge in [0.2, 0.25) is 5.91 Å². The van der Waals surface area contributed by atoms with Gasteiger partial charge in [-0.3, -0.25) is 9.59 Å². The van der Waals surface area contributed by atoms with Crippen molar-refractivity contribution in [2.24, 2.45) is 0 Å². The third kappa shape index (κ3) is 4.78. The zero-order chi connectivity index (χ0) is 17.5. The van der Waals surface area contributed by atoms with Crippen LogP contribution in [0.4, 0.5) is 5.69 Å². The molecule has 0 aliphatic carbocycles. The zero-order valence-electron chi connectivity index (χ0n) is 13.7. The number of nitrogens with one attached hydrogen (secondary N) is 1. The van der Waals surface area contributed by atoms with Gasteiger partial charge in [-0.15, -0.1) is 0 Å². The van der Waals surface area contributed by atoms with E-state index < -0.39 is 5.97 Å². The molecule has 0 radical (unpaired) electrons. The van der Waals surface area contributed by atoms with Gasteiger partial charge in [-0.1, -0.05) is 24.6 Å². The summed E-state index contributed by atoms with van der Waals surface area (Å²) in [5, 5.41) is 2.70. The second kappa shape index (κ2) is 8.06. The summed E-state index contributed by atoms with van der Waals surface area (Å²) in [6.07, 6.45) is 0.385. The van der Waals surface area contributed by atoms with Crippen LogP contribution in [-0.4, -0.2) is 24.3 Å². The van der Waals surface area contributed by atoms with Crippen LogP contribution in [0.3, 0.4) is 0 Å². The molecule has 5 heteroatoms. The van der Waals surface area contributed by atoms with Crippen molar-refractivity contribution in [3.63, 3.8) is 0 Å². The van der Waals surface area contributed by atoms with Crippen LogP contribution >= 0.6 is 0 Å². The lowest BCUT2D eigenvalue weighted by Gasteiger charge is -2.07. The highest BCUT2D eigenvalue weighted by Gasteiger charge is 2.12. The molecule has 0 atom stereocenters. The highest BCUT2D eigenvalue weighted by molar-refractivity contribution is 6.00. The van der Waals surface area contributed by atoms with E-state index in [-0.39, 0.29) is 18.3 Å². The number of anilines is 1. The predicted octanol–water partition coefficient (Wildman–Crippen LogP) is 3.38. The minimum absolute atomic E-state index is 0.0961. The van der Waals surface area contributed by atoms with Crippen LogP contribution in [0.2, 0.25) is 0 Å². The lowest BCUT2D eigenvalue weighted by Crippen LogP contribution is -2.14. The number of carbonyl (C=O) groups excluding carboxylic acids is 3. The van der Waals surface area contributed by atoms with E-state index in [4.69, 9.17) is 4.74 Å². The van der Waals surface area contributed by atoms with Crippen molar-refractivity contribution < 1.29 is 19.1 Å². The maximum absolute atomic E-state index is 12.1. The van der Waals surface area contributed by atoms with Gasteiger partial charge in [0.15, 0.2) is 12.4 Å². The van der Waals surface area contributed by atoms with Gasteiger partial charge in [0.25, 0.3) is 0 Å². The lowest BCUT2D eigenvalue weighted by atomic mass is 10.1. The molecule has 0 unspecified atom stereocenters. The van der Waals surface area contributed by atoms with E-state index in [0.717, 1.165) is 5.56 Å². The summed E-state index contributed by atoms with van der Waals surface area (Å²) in [6, 6.07) is 13.5. The molecule has 0 saturated heterocycles. The van der Waals surface area contributed by atoms with Crippen LogP contribution in [0.25, 0.3) is 0 Å². The number of aryl methyl sites for hydroxylation is 1. The molecule has 0 spiro atoms. The van der Waals surface area contributed by atoms with E-state index in [9.17, 15) is 14.4 Å². The average molecular weight is 325 g/mol. The Hall–Kier alpha value is -2.95. The molecule has 0 heterocycles. The summed E-state index contributed by atoms with van der Waals surface area (Å²) in [5.74, 6) is -0.926. The number of esters is 1. The predicted molar refractivity (Wildman–Crippen MR) is 91.2 cm³/mol. The normalized spacial score (nSPS) is 10.1. The Morgan fingerprint density at radius 1 is 1.00 bits per heavy atom. The molecule has 0 aliphatic heterocycles. The summed E-state index contributed by atoms with van der Waals surface area (Å²) < 4.78 is 5.05. The Morgan fingerprint density at radius 3 is 2.33 bits per heavy atom. The van der Waals surface area contributed by atoms with Gasteiger partial charge >= 0.3 is 5.97 Å². The maximum Gasteiger partial charge on any atom is 0.338 e. The molecule has 0 aliphatic rings. The number of ketones is 1. The van der Waals surface area contributed by atoms with E-state index >= 15 is 0 Å². The summed E-state index contributed by atoms with van der Waals surface area (Å²) in [5.41, 5.74) is 2.40. The maximum atomic E-state index is 12.1. The van der Waals surface area contributed by atoms with Crippen molar-refractivity contribution in [1.82, 2.24) is 0 Å². The van der Waals surface area contributed by atoms with E-state index in [0.29, 0.717) is 23.2 Å². The molecule has 1 amide bonds. The first-order chi connectivity index (χ1) is 11.5. The molecule has 2 rings (SSSR count). The van der Waals surface area contributed by atoms with Gasteiger partial charge < -0.3 is 10.1 Å². The first kappa shape index (κ1) is 17.4. The zero-order valence-corrected chi connectivity index (χ0v) is 13.7. The minimum Gasteiger partial charge on any atom is -0.454 e. The highest BCUT2D eigenvalue weighted by atomic mass is 16.5. The van der Waals surface area contributed by atoms with Crippen molar-refractivity contribution >= 4 is 23.3 Å². The van der Waals surface area contributed by atoms with Gasteiger partial charge in [0.1, 0.15) is 0 Å². The van der Waals surface area contributed by atoms with Crippen LogP contribution < -0.4 is 5.32 Å². The largest absolute Gasteiger partial charge is 0.454 e. The van der Waals surface area contributed by atoms with Gasteiger partial charge in [0.05, 0.1) is 5.56 Å². The summed E-state index contributed by atoms with van der Waals surface area (Å²) in [7, 11) is 0. The quantitative estimate of drug-likeness (QED) is 0.653. The molecule has 5 nitrogen and oxygen atoms in total. The molecule has 24 heavy (non-hydrogen) atoms. The van der Waals surface area contributed by atoms with Crippen molar-refractivity contribution in [3.05, 3.63) is 65.2 Å². The van der Waals surface area contributed by atoms with Crippen LogP contribution in [0.15, 0.2) is 48.5 Å². The Bertz CT molecular complexity index is 750. The third-order valence-corrected chi connectivity index (χ3v) is 3.40. The molecule has 2 aromatic rings. The van der Waals surface area contributed by atoms with E-state index in [1.807, 2.05) is 13.0 Å². The molecular formula is C19H19NO4. The fourth-order valence-electron chi connectivity index (χ4n) is 2.06. The number of amides is 1. The van der Waals surface area contributed by atoms with Crippen LogP contribution in [0.1, 0.15) is 39.6 Å². The molecule has 0 saturated carbocycles. The van der Waals surface area contributed by atoms with Crippen molar-refractivity contribution in [1.29, 1.82) is 0 Å². The molecule has 124 valence electrons. The third-order valence-electron chi connectivity index (χ3n) is 3.40. The van der Waals surface area contributed by atoms with Crippen LogP contribution in [-0.2, 0) is 9.53 Å². The standard InChI is InChI=1S/C19H19NO4/c1-3-18(22)20-16-9-7-14(8-10-16)17(21)12-24-19(23)15-6-4-5-13(2)11-15/h4-11H,3,12H2,1-2H3,(H,20,22). The second-order valence-corrected chi connectivity index (χ2v) is 5.35. The SMILES string of the molecule is CCC(=O)Nc1ccc(C(=O)COC(=O)c2cccc(C)c2)cc1. The number of Topliss-reactive ketones (excluding diaryl/α,β-unsaturated/α-hetero) is 1. The van der Waals surface area contributed by atoms with Crippen molar-refractivity contribution in [2.45, 2.75) is 20.3 Å². The fourth-order valence-corrected chi connectivity index (χ4v) is 2.06. The van der Waals surface area contributed by atoms with Crippen molar-refractivity contribution in [2.75, 3.05) is 11.9 Å². The van der Waals surface area contributed by atoms with E-state index in [2.05, 4.69) is 5.32 Å². The summed E-state index contributed by atoms with van der Waals surface area (Å²) in [6.45, 7) is 3.31. The molecule has 0 aromatic heterocycles. The van der Waals surface area contributed by atoms with Gasteiger partial charge in [-0.25, -0.2) is 4.79 Å². The van der Waals surface area contributed by atoms with Gasteiger partial charge in [-0.05, 0) is 43.3 Å². The van der Waals surface area contributed by atoms with E-state index in [1.54, 1.807) is 49.4 Å². The van der Waals surface area contributed by atoms with Crippen LogP contribution in [0.5, 0.6) is 0 Å². The second-order valence-electron chi connectivity index (χ2n) is 5.35. The Labute approximate surface area is 140 Å². The Kier molecular flexibility index (Phi) is 5.84. The average Bonchev–Trinajstić information content (AvgIpc) is 2.59. The molecule has 0 bridgehead atoms. The first-order valence-corrected chi connectivity index (χ1v) is 7.66. The number of benzene rings is 2. The Morgan fingerprint density at radius 2 is 1.71 bits per heavy atom. The first-order valence-electron chi connectivity index (χ1n) is 7.66. The number of hydrogen-bond donors (Lipinski definition) is 1. The number of rotatable bonds is 6. The number of hydrogen-bond acceptors (Lipinski definition) is 4. The molecule has 1 N–H and O–H groups in total. The molecule has 0 fully saturated rings. The monoisotopic (exact) mass is 325 g/mol. The number of ether oxygens (including phenoxy) is 1. The van der Waals surface area contributed by atoms with Gasteiger partial charge in [0, 0.05) is 17.7 Å². The Balaban J connectivity index is 1.92. The topological polar surface area (TPSA) is 72.5 Å². The highest BCUT2D eigenvalue weighted by Crippen LogP contribution is 2.11. The minimum atomic E-state index is -0.529. The van der Waals surface area contributed by atoms with Crippen molar-refractivity contribution in [3.8, 4) is 0 Å². The lowest BCUT2D eigenvalue weighted by molar-refractivity contribution is -0.115. The van der Waals surface area contributed by atoms with Crippen LogP contribution in [0, 0.1) is 6.92 Å².